The summed E-state index contributed by atoms with van der Waals surface area (Å²) in [5.41, 5.74) is 0. The van der Waals surface area contributed by atoms with Crippen LogP contribution in [0.3, 0.4) is 0 Å². The maximum atomic E-state index is 11.1. The fourth-order valence-electron chi connectivity index (χ4n) is 0.674. The zero-order valence-corrected chi connectivity index (χ0v) is 9.77. The van der Waals surface area contributed by atoms with Crippen LogP contribution in [0.15, 0.2) is 0 Å². The highest BCUT2D eigenvalue weighted by molar-refractivity contribution is 5.76. The lowest BCUT2D eigenvalue weighted by atomic mass is 10.1. The van der Waals surface area contributed by atoms with E-state index in [2.05, 4.69) is 9.47 Å². The van der Waals surface area contributed by atoms with E-state index in [1.807, 2.05) is 13.8 Å². The highest BCUT2D eigenvalue weighted by Gasteiger charge is 2.21. The first kappa shape index (κ1) is 13.7. The number of hydrogen-bond donors (Lipinski definition) is 0. The van der Waals surface area contributed by atoms with E-state index in [1.165, 1.54) is 14.0 Å². The van der Waals surface area contributed by atoms with Crippen LogP contribution < -0.4 is 0 Å². The third-order valence-electron chi connectivity index (χ3n) is 2.03. The van der Waals surface area contributed by atoms with E-state index in [9.17, 15) is 9.59 Å². The van der Waals surface area contributed by atoms with E-state index in [4.69, 9.17) is 4.74 Å². The largest absolute Gasteiger partial charge is 0.509 e. The minimum Gasteiger partial charge on any atom is -0.466 e. The molecule has 0 saturated heterocycles. The summed E-state index contributed by atoms with van der Waals surface area (Å²) in [6.45, 7) is 7.02. The second-order valence-electron chi connectivity index (χ2n) is 3.60. The Hall–Kier alpha value is -1.26. The molecule has 0 spiro atoms. The van der Waals surface area contributed by atoms with E-state index in [0.717, 1.165) is 0 Å². The molecule has 0 rings (SSSR count). The number of ether oxygens (including phenoxy) is 3. The standard InChI is InChI=1S/C10H18O5/c1-6(2)7(3)14-10(12)15-8(4)9(11)13-5/h6-8H,1-5H3. The first-order valence-corrected chi connectivity index (χ1v) is 4.83. The molecule has 0 amide bonds. The van der Waals surface area contributed by atoms with E-state index in [1.54, 1.807) is 6.92 Å². The summed E-state index contributed by atoms with van der Waals surface area (Å²) in [6.07, 6.45) is -2.04. The maximum absolute atomic E-state index is 11.1. The quantitative estimate of drug-likeness (QED) is 0.672. The Labute approximate surface area is 89.7 Å². The molecular formula is C10H18O5. The van der Waals surface area contributed by atoms with Gasteiger partial charge in [-0.3, -0.25) is 0 Å². The molecule has 0 N–H and O–H groups in total. The van der Waals surface area contributed by atoms with E-state index < -0.39 is 18.2 Å². The molecule has 0 aliphatic carbocycles. The predicted octanol–water partition coefficient (Wildman–Crippen LogP) is 1.75. The molecule has 0 radical (unpaired) electrons. The third kappa shape index (κ3) is 5.24. The molecule has 0 aliphatic heterocycles. The van der Waals surface area contributed by atoms with Crippen LogP contribution in [0.1, 0.15) is 27.7 Å². The van der Waals surface area contributed by atoms with Crippen LogP contribution in [0, 0.1) is 5.92 Å². The maximum Gasteiger partial charge on any atom is 0.509 e. The van der Waals surface area contributed by atoms with Gasteiger partial charge in [-0.05, 0) is 19.8 Å². The molecule has 88 valence electrons. The Bertz CT molecular complexity index is 224. The molecule has 0 saturated carbocycles. The van der Waals surface area contributed by atoms with Crippen LogP contribution in [0.25, 0.3) is 0 Å². The topological polar surface area (TPSA) is 61.8 Å². The van der Waals surface area contributed by atoms with Crippen LogP contribution in [0.5, 0.6) is 0 Å². The van der Waals surface area contributed by atoms with Crippen LogP contribution in [-0.4, -0.2) is 31.4 Å². The molecular weight excluding hydrogens is 200 g/mol. The van der Waals surface area contributed by atoms with Crippen molar-refractivity contribution in [3.05, 3.63) is 0 Å². The molecule has 0 bridgehead atoms. The number of esters is 1. The van der Waals surface area contributed by atoms with Gasteiger partial charge in [-0.1, -0.05) is 13.8 Å². The van der Waals surface area contributed by atoms with E-state index in [-0.39, 0.29) is 12.0 Å². The minimum atomic E-state index is -0.943. The molecule has 15 heavy (non-hydrogen) atoms. The van der Waals surface area contributed by atoms with Crippen molar-refractivity contribution in [3.8, 4) is 0 Å². The monoisotopic (exact) mass is 218 g/mol. The van der Waals surface area contributed by atoms with Crippen LogP contribution >= 0.6 is 0 Å². The molecule has 5 heteroatoms. The summed E-state index contributed by atoms with van der Waals surface area (Å²) in [6, 6.07) is 0. The number of carbonyl (C=O) groups is 2. The highest BCUT2D eigenvalue weighted by atomic mass is 16.7. The average molecular weight is 218 g/mol. The van der Waals surface area contributed by atoms with Crippen molar-refractivity contribution in [1.29, 1.82) is 0 Å². The van der Waals surface area contributed by atoms with Crippen molar-refractivity contribution < 1.29 is 23.8 Å². The number of methoxy groups -OCH3 is 1. The van der Waals surface area contributed by atoms with Gasteiger partial charge < -0.3 is 14.2 Å². The van der Waals surface area contributed by atoms with Gasteiger partial charge in [0.1, 0.15) is 6.10 Å². The molecule has 0 aromatic carbocycles. The third-order valence-corrected chi connectivity index (χ3v) is 2.03. The normalized spacial score (nSPS) is 14.3. The van der Waals surface area contributed by atoms with Gasteiger partial charge in [-0.2, -0.15) is 0 Å². The zero-order valence-electron chi connectivity index (χ0n) is 9.77. The average Bonchev–Trinajstić information content (AvgIpc) is 2.15. The lowest BCUT2D eigenvalue weighted by molar-refractivity contribution is -0.151. The second-order valence-corrected chi connectivity index (χ2v) is 3.60. The fraction of sp³-hybridized carbons (Fsp3) is 0.800. The summed E-state index contributed by atoms with van der Waals surface area (Å²) < 4.78 is 14.0. The fourth-order valence-corrected chi connectivity index (χ4v) is 0.674. The smallest absolute Gasteiger partial charge is 0.466 e. The lowest BCUT2D eigenvalue weighted by Gasteiger charge is -2.17. The van der Waals surface area contributed by atoms with Gasteiger partial charge >= 0.3 is 12.1 Å². The molecule has 0 aromatic rings. The predicted molar refractivity (Wildman–Crippen MR) is 53.3 cm³/mol. The van der Waals surface area contributed by atoms with E-state index in [0.29, 0.717) is 0 Å². The summed E-state index contributed by atoms with van der Waals surface area (Å²) in [5.74, 6) is -0.407. The van der Waals surface area contributed by atoms with Gasteiger partial charge in [0.2, 0.25) is 0 Å². The van der Waals surface area contributed by atoms with Crippen molar-refractivity contribution >= 4 is 12.1 Å². The molecule has 0 heterocycles. The van der Waals surface area contributed by atoms with Crippen molar-refractivity contribution in [2.75, 3.05) is 7.11 Å². The van der Waals surface area contributed by atoms with Crippen molar-refractivity contribution in [2.45, 2.75) is 39.9 Å². The number of carbonyl (C=O) groups excluding carboxylic acids is 2. The zero-order chi connectivity index (χ0) is 12.0. The molecule has 5 nitrogen and oxygen atoms in total. The van der Waals surface area contributed by atoms with Crippen LogP contribution in [-0.2, 0) is 19.0 Å². The highest BCUT2D eigenvalue weighted by Crippen LogP contribution is 2.07. The van der Waals surface area contributed by atoms with Gasteiger partial charge in [-0.15, -0.1) is 0 Å². The number of hydrogen-bond acceptors (Lipinski definition) is 5. The Kier molecular flexibility index (Phi) is 5.74. The van der Waals surface area contributed by atoms with Gasteiger partial charge in [0.05, 0.1) is 7.11 Å². The van der Waals surface area contributed by atoms with Gasteiger partial charge in [-0.25, -0.2) is 9.59 Å². The Morgan fingerprint density at radius 3 is 1.93 bits per heavy atom. The lowest BCUT2D eigenvalue weighted by Crippen LogP contribution is -2.28. The van der Waals surface area contributed by atoms with Crippen LogP contribution in [0.2, 0.25) is 0 Å². The SMILES string of the molecule is COC(=O)C(C)OC(=O)OC(C)C(C)C. The summed E-state index contributed by atoms with van der Waals surface area (Å²) >= 11 is 0. The van der Waals surface area contributed by atoms with Crippen molar-refractivity contribution in [1.82, 2.24) is 0 Å². The number of rotatable bonds is 4. The first-order valence-electron chi connectivity index (χ1n) is 4.83. The van der Waals surface area contributed by atoms with Crippen LogP contribution in [0.4, 0.5) is 4.79 Å². The summed E-state index contributed by atoms with van der Waals surface area (Å²) in [5, 5.41) is 0. The molecule has 2 unspecified atom stereocenters. The summed E-state index contributed by atoms with van der Waals surface area (Å²) in [7, 11) is 1.23. The molecule has 0 aliphatic rings. The van der Waals surface area contributed by atoms with Gasteiger partial charge in [0, 0.05) is 0 Å². The Balaban J connectivity index is 3.98. The Morgan fingerprint density at radius 2 is 1.53 bits per heavy atom. The Morgan fingerprint density at radius 1 is 1.00 bits per heavy atom. The van der Waals surface area contributed by atoms with Crippen molar-refractivity contribution in [3.63, 3.8) is 0 Å². The van der Waals surface area contributed by atoms with Gasteiger partial charge in [0.15, 0.2) is 6.10 Å². The van der Waals surface area contributed by atoms with Gasteiger partial charge in [0.25, 0.3) is 0 Å². The summed E-state index contributed by atoms with van der Waals surface area (Å²) in [4.78, 5) is 22.0. The molecule has 0 fully saturated rings. The second kappa shape index (κ2) is 6.27. The molecule has 2 atom stereocenters. The van der Waals surface area contributed by atoms with Crippen molar-refractivity contribution in [2.24, 2.45) is 5.92 Å². The first-order chi connectivity index (χ1) is 6.88. The minimum absolute atomic E-state index is 0.200. The van der Waals surface area contributed by atoms with E-state index >= 15 is 0 Å². The molecule has 0 aromatic heterocycles.